The lowest BCUT2D eigenvalue weighted by Crippen LogP contribution is -2.19. The number of aromatic nitrogens is 2. The first kappa shape index (κ1) is 15.5. The van der Waals surface area contributed by atoms with Crippen LogP contribution >= 0.6 is 0 Å². The van der Waals surface area contributed by atoms with Gasteiger partial charge in [0.05, 0.1) is 7.11 Å². The van der Waals surface area contributed by atoms with E-state index in [-0.39, 0.29) is 11.7 Å². The molecule has 0 aliphatic rings. The van der Waals surface area contributed by atoms with Gasteiger partial charge in [0.15, 0.2) is 5.69 Å². The van der Waals surface area contributed by atoms with Gasteiger partial charge in [-0.05, 0) is 34.0 Å². The Morgan fingerprint density at radius 2 is 2.16 bits per heavy atom. The highest BCUT2D eigenvalue weighted by atomic mass is 16.5. The number of rotatable bonds is 6. The number of methoxy groups -OCH3 is 1. The number of anilines is 1. The summed E-state index contributed by atoms with van der Waals surface area (Å²) in [4.78, 5) is 18.0. The third kappa shape index (κ3) is 3.47. The standard InChI is InChI=1S/C13H24N4O2/c1-6-10-15-11(13(18)19-5)12(14)17(10)9(2)7-8-16(3)4/h9H,6-8,14H2,1-5H3. The summed E-state index contributed by atoms with van der Waals surface area (Å²) in [7, 11) is 5.40. The average molecular weight is 268 g/mol. The number of carbonyl (C=O) groups is 1. The van der Waals surface area contributed by atoms with Crippen LogP contribution in [0.15, 0.2) is 0 Å². The van der Waals surface area contributed by atoms with Crippen molar-refractivity contribution < 1.29 is 9.53 Å². The van der Waals surface area contributed by atoms with Crippen LogP contribution in [0, 0.1) is 0 Å². The molecule has 0 saturated heterocycles. The molecule has 0 fully saturated rings. The Balaban J connectivity index is 3.04. The van der Waals surface area contributed by atoms with Crippen LogP contribution in [-0.2, 0) is 11.2 Å². The van der Waals surface area contributed by atoms with Gasteiger partial charge in [0.2, 0.25) is 0 Å². The molecule has 19 heavy (non-hydrogen) atoms. The number of ether oxygens (including phenoxy) is 1. The van der Waals surface area contributed by atoms with Gasteiger partial charge in [-0.2, -0.15) is 0 Å². The van der Waals surface area contributed by atoms with Crippen molar-refractivity contribution in [1.29, 1.82) is 0 Å². The zero-order chi connectivity index (χ0) is 14.6. The number of esters is 1. The zero-order valence-corrected chi connectivity index (χ0v) is 12.4. The molecule has 0 radical (unpaired) electrons. The molecule has 1 atom stereocenters. The number of carbonyl (C=O) groups excluding carboxylic acids is 1. The molecule has 0 bridgehead atoms. The summed E-state index contributed by atoms with van der Waals surface area (Å²) in [6.45, 7) is 5.04. The molecule has 0 saturated carbocycles. The van der Waals surface area contributed by atoms with Crippen LogP contribution in [0.2, 0.25) is 0 Å². The minimum Gasteiger partial charge on any atom is -0.464 e. The number of nitrogens with zero attached hydrogens (tertiary/aromatic N) is 3. The van der Waals surface area contributed by atoms with Gasteiger partial charge in [0, 0.05) is 12.5 Å². The van der Waals surface area contributed by atoms with Crippen LogP contribution in [0.4, 0.5) is 5.82 Å². The second-order valence-corrected chi connectivity index (χ2v) is 4.92. The summed E-state index contributed by atoms with van der Waals surface area (Å²) in [6.07, 6.45) is 1.68. The van der Waals surface area contributed by atoms with Crippen molar-refractivity contribution in [1.82, 2.24) is 14.5 Å². The van der Waals surface area contributed by atoms with Gasteiger partial charge in [0.1, 0.15) is 11.6 Å². The van der Waals surface area contributed by atoms with E-state index in [1.54, 1.807) is 0 Å². The molecule has 0 amide bonds. The maximum Gasteiger partial charge on any atom is 0.360 e. The van der Waals surface area contributed by atoms with Crippen LogP contribution in [0.3, 0.4) is 0 Å². The fourth-order valence-corrected chi connectivity index (χ4v) is 2.06. The third-order valence-electron chi connectivity index (χ3n) is 3.15. The summed E-state index contributed by atoms with van der Waals surface area (Å²) in [5.41, 5.74) is 6.27. The Kier molecular flexibility index (Phi) is 5.35. The van der Waals surface area contributed by atoms with Crippen molar-refractivity contribution in [3.63, 3.8) is 0 Å². The molecule has 1 aromatic heterocycles. The van der Waals surface area contributed by atoms with Gasteiger partial charge >= 0.3 is 5.97 Å². The molecule has 0 aliphatic carbocycles. The van der Waals surface area contributed by atoms with Gasteiger partial charge in [-0.1, -0.05) is 6.92 Å². The predicted molar refractivity (Wildman–Crippen MR) is 75.2 cm³/mol. The SMILES string of the molecule is CCc1nc(C(=O)OC)c(N)n1C(C)CCN(C)C. The Labute approximate surface area is 114 Å². The normalized spacial score (nSPS) is 12.7. The molecule has 6 heteroatoms. The van der Waals surface area contributed by atoms with E-state index in [9.17, 15) is 4.79 Å². The van der Waals surface area contributed by atoms with Gasteiger partial charge in [-0.3, -0.25) is 0 Å². The largest absolute Gasteiger partial charge is 0.464 e. The lowest BCUT2D eigenvalue weighted by atomic mass is 10.2. The molecule has 1 unspecified atom stereocenters. The lowest BCUT2D eigenvalue weighted by Gasteiger charge is -2.19. The second-order valence-electron chi connectivity index (χ2n) is 4.92. The van der Waals surface area contributed by atoms with Crippen molar-refractivity contribution in [3.8, 4) is 0 Å². The maximum absolute atomic E-state index is 11.6. The topological polar surface area (TPSA) is 73.4 Å². The minimum atomic E-state index is -0.481. The summed E-state index contributed by atoms with van der Waals surface area (Å²) < 4.78 is 6.65. The zero-order valence-electron chi connectivity index (χ0n) is 12.4. The van der Waals surface area contributed by atoms with E-state index < -0.39 is 5.97 Å². The monoisotopic (exact) mass is 268 g/mol. The van der Waals surface area contributed by atoms with Gasteiger partial charge in [0.25, 0.3) is 0 Å². The van der Waals surface area contributed by atoms with E-state index in [1.165, 1.54) is 7.11 Å². The Morgan fingerprint density at radius 3 is 2.63 bits per heavy atom. The first-order valence-electron chi connectivity index (χ1n) is 6.51. The van der Waals surface area contributed by atoms with Crippen LogP contribution in [0.25, 0.3) is 0 Å². The summed E-state index contributed by atoms with van der Waals surface area (Å²) in [6, 6.07) is 0.197. The molecule has 0 spiro atoms. The average Bonchev–Trinajstić information content (AvgIpc) is 2.72. The molecule has 0 aliphatic heterocycles. The van der Waals surface area contributed by atoms with Crippen molar-refractivity contribution in [2.75, 3.05) is 33.5 Å². The van der Waals surface area contributed by atoms with Crippen molar-refractivity contribution in [2.45, 2.75) is 32.7 Å². The first-order valence-corrected chi connectivity index (χ1v) is 6.51. The van der Waals surface area contributed by atoms with Gasteiger partial charge in [-0.25, -0.2) is 9.78 Å². The van der Waals surface area contributed by atoms with Gasteiger partial charge in [-0.15, -0.1) is 0 Å². The highest BCUT2D eigenvalue weighted by Crippen LogP contribution is 2.23. The molecule has 1 heterocycles. The van der Waals surface area contributed by atoms with E-state index in [2.05, 4.69) is 16.8 Å². The fourth-order valence-electron chi connectivity index (χ4n) is 2.06. The lowest BCUT2D eigenvalue weighted by molar-refractivity contribution is 0.0595. The molecule has 2 N–H and O–H groups in total. The minimum absolute atomic E-state index is 0.197. The molecule has 108 valence electrons. The molecular formula is C13H24N4O2. The summed E-state index contributed by atoms with van der Waals surface area (Å²) in [5.74, 6) is 0.741. The first-order chi connectivity index (χ1) is 8.92. The maximum atomic E-state index is 11.6. The van der Waals surface area contributed by atoms with E-state index in [1.807, 2.05) is 25.6 Å². The van der Waals surface area contributed by atoms with Crippen LogP contribution < -0.4 is 5.73 Å². The highest BCUT2D eigenvalue weighted by molar-refractivity contribution is 5.92. The van der Waals surface area contributed by atoms with Crippen molar-refractivity contribution in [2.24, 2.45) is 0 Å². The summed E-state index contributed by atoms with van der Waals surface area (Å²) in [5, 5.41) is 0. The second kappa shape index (κ2) is 6.56. The predicted octanol–water partition coefficient (Wildman–Crippen LogP) is 1.33. The highest BCUT2D eigenvalue weighted by Gasteiger charge is 2.22. The van der Waals surface area contributed by atoms with E-state index >= 15 is 0 Å². The third-order valence-corrected chi connectivity index (χ3v) is 3.15. The van der Waals surface area contributed by atoms with Crippen molar-refractivity contribution in [3.05, 3.63) is 11.5 Å². The molecule has 6 nitrogen and oxygen atoms in total. The molecule has 0 aromatic carbocycles. The number of imidazole rings is 1. The Bertz CT molecular complexity index is 440. The number of nitrogen functional groups attached to an aromatic ring is 1. The smallest absolute Gasteiger partial charge is 0.360 e. The van der Waals surface area contributed by atoms with Crippen LogP contribution in [0.1, 0.15) is 42.6 Å². The van der Waals surface area contributed by atoms with Gasteiger partial charge < -0.3 is 19.9 Å². The Hall–Kier alpha value is -1.56. The van der Waals surface area contributed by atoms with E-state index in [0.29, 0.717) is 5.82 Å². The molecular weight excluding hydrogens is 244 g/mol. The van der Waals surface area contributed by atoms with Crippen molar-refractivity contribution >= 4 is 11.8 Å². The number of hydrogen-bond donors (Lipinski definition) is 1. The quantitative estimate of drug-likeness (QED) is 0.788. The Morgan fingerprint density at radius 1 is 1.53 bits per heavy atom. The summed E-state index contributed by atoms with van der Waals surface area (Å²) >= 11 is 0. The molecule has 1 aromatic rings. The van der Waals surface area contributed by atoms with E-state index in [4.69, 9.17) is 10.5 Å². The number of nitrogens with two attached hydrogens (primary N) is 1. The number of hydrogen-bond acceptors (Lipinski definition) is 5. The molecule has 1 rings (SSSR count). The van der Waals surface area contributed by atoms with Crippen LogP contribution in [-0.4, -0.2) is 48.2 Å². The number of aryl methyl sites for hydroxylation is 1. The van der Waals surface area contributed by atoms with E-state index in [0.717, 1.165) is 25.2 Å². The fraction of sp³-hybridized carbons (Fsp3) is 0.692. The van der Waals surface area contributed by atoms with Crippen LogP contribution in [0.5, 0.6) is 0 Å².